The van der Waals surface area contributed by atoms with Gasteiger partial charge in [-0.25, -0.2) is 0 Å². The van der Waals surface area contributed by atoms with Crippen LogP contribution in [0.15, 0.2) is 0 Å². The van der Waals surface area contributed by atoms with Gasteiger partial charge in [0.05, 0.1) is 12.0 Å². The molecule has 2 saturated heterocycles. The topological polar surface area (TPSA) is 52.6 Å². The van der Waals surface area contributed by atoms with Gasteiger partial charge in [-0.1, -0.05) is 0 Å². The summed E-state index contributed by atoms with van der Waals surface area (Å²) in [7, 11) is 0. The van der Waals surface area contributed by atoms with Crippen LogP contribution in [0, 0.1) is 5.92 Å². The molecule has 2 aliphatic rings. The number of likely N-dealkylation sites (tertiary alicyclic amines) is 1. The van der Waals surface area contributed by atoms with E-state index in [9.17, 15) is 9.90 Å². The summed E-state index contributed by atoms with van der Waals surface area (Å²) in [5, 5.41) is 12.6. The molecule has 0 aromatic carbocycles. The second-order valence-corrected chi connectivity index (χ2v) is 4.73. The zero-order valence-corrected chi connectivity index (χ0v) is 9.28. The molecule has 0 aromatic heterocycles. The van der Waals surface area contributed by atoms with E-state index in [1.54, 1.807) is 6.92 Å². The molecule has 0 aliphatic carbocycles. The van der Waals surface area contributed by atoms with Gasteiger partial charge >= 0.3 is 0 Å². The van der Waals surface area contributed by atoms with E-state index < -0.39 is 0 Å². The Balaban J connectivity index is 1.89. The summed E-state index contributed by atoms with van der Waals surface area (Å²) in [5.41, 5.74) is 0. The number of piperidine rings is 1. The summed E-state index contributed by atoms with van der Waals surface area (Å²) in [4.78, 5) is 13.9. The zero-order valence-electron chi connectivity index (χ0n) is 9.28. The highest BCUT2D eigenvalue weighted by Gasteiger charge is 2.40. The number of carbonyl (C=O) groups is 1. The van der Waals surface area contributed by atoms with Gasteiger partial charge in [0, 0.05) is 19.1 Å². The van der Waals surface area contributed by atoms with Crippen molar-refractivity contribution in [2.45, 2.75) is 38.3 Å². The smallest absolute Gasteiger partial charge is 0.227 e. The van der Waals surface area contributed by atoms with Gasteiger partial charge in [-0.2, -0.15) is 0 Å². The standard InChI is InChI=1S/C11H20N2O2/c1-8(14)4-6-13-7-10-9(11(13)15)3-2-5-12-10/h8-10,12,14H,2-7H2,1H3. The molecule has 15 heavy (non-hydrogen) atoms. The van der Waals surface area contributed by atoms with Gasteiger partial charge in [0.1, 0.15) is 0 Å². The molecular formula is C11H20N2O2. The molecule has 0 aromatic rings. The van der Waals surface area contributed by atoms with Crippen LogP contribution in [0.1, 0.15) is 26.2 Å². The van der Waals surface area contributed by atoms with Crippen LogP contribution in [0.25, 0.3) is 0 Å². The Hall–Kier alpha value is -0.610. The first-order valence-electron chi connectivity index (χ1n) is 5.88. The minimum Gasteiger partial charge on any atom is -0.393 e. The van der Waals surface area contributed by atoms with E-state index in [0.717, 1.165) is 25.9 Å². The third-order valence-electron chi connectivity index (χ3n) is 3.45. The first-order chi connectivity index (χ1) is 7.18. The first kappa shape index (κ1) is 10.9. The molecule has 2 rings (SSSR count). The lowest BCUT2D eigenvalue weighted by Crippen LogP contribution is -2.41. The number of aliphatic hydroxyl groups excluding tert-OH is 1. The van der Waals surface area contributed by atoms with Gasteiger partial charge in [-0.05, 0) is 32.7 Å². The van der Waals surface area contributed by atoms with Crippen LogP contribution in [-0.4, -0.2) is 47.7 Å². The Morgan fingerprint density at radius 3 is 3.13 bits per heavy atom. The molecule has 0 radical (unpaired) electrons. The zero-order chi connectivity index (χ0) is 10.8. The number of carbonyl (C=O) groups excluding carboxylic acids is 1. The lowest BCUT2D eigenvalue weighted by Gasteiger charge is -2.23. The molecule has 0 saturated carbocycles. The average molecular weight is 212 g/mol. The molecule has 2 aliphatic heterocycles. The molecule has 4 heteroatoms. The summed E-state index contributed by atoms with van der Waals surface area (Å²) in [6, 6.07) is 0.361. The fourth-order valence-electron chi connectivity index (χ4n) is 2.55. The van der Waals surface area contributed by atoms with Gasteiger partial charge in [-0.15, -0.1) is 0 Å². The monoisotopic (exact) mass is 212 g/mol. The van der Waals surface area contributed by atoms with Crippen LogP contribution < -0.4 is 5.32 Å². The number of hydrogen-bond donors (Lipinski definition) is 2. The fraction of sp³-hybridized carbons (Fsp3) is 0.909. The van der Waals surface area contributed by atoms with E-state index in [1.165, 1.54) is 0 Å². The van der Waals surface area contributed by atoms with E-state index >= 15 is 0 Å². The number of hydrogen-bond acceptors (Lipinski definition) is 3. The maximum absolute atomic E-state index is 12.0. The van der Waals surface area contributed by atoms with Gasteiger partial charge in [0.2, 0.25) is 5.91 Å². The maximum atomic E-state index is 12.0. The van der Waals surface area contributed by atoms with Crippen LogP contribution in [-0.2, 0) is 4.79 Å². The van der Waals surface area contributed by atoms with Crippen LogP contribution in [0.4, 0.5) is 0 Å². The Bertz CT molecular complexity index is 243. The second kappa shape index (κ2) is 4.49. The van der Waals surface area contributed by atoms with Gasteiger partial charge in [0.25, 0.3) is 0 Å². The predicted molar refractivity (Wildman–Crippen MR) is 57.4 cm³/mol. The third kappa shape index (κ3) is 2.32. The lowest BCUT2D eigenvalue weighted by atomic mass is 9.94. The van der Waals surface area contributed by atoms with Crippen LogP contribution in [0.2, 0.25) is 0 Å². The molecule has 86 valence electrons. The number of nitrogens with one attached hydrogen (secondary N) is 1. The normalized spacial score (nSPS) is 32.9. The molecule has 0 spiro atoms. The van der Waals surface area contributed by atoms with Crippen LogP contribution in [0.3, 0.4) is 0 Å². The van der Waals surface area contributed by atoms with Gasteiger partial charge in [-0.3, -0.25) is 4.79 Å². The highest BCUT2D eigenvalue weighted by molar-refractivity contribution is 5.82. The number of aliphatic hydroxyl groups is 1. The summed E-state index contributed by atoms with van der Waals surface area (Å²) in [6.07, 6.45) is 2.51. The molecule has 4 nitrogen and oxygen atoms in total. The molecule has 3 unspecified atom stereocenters. The number of fused-ring (bicyclic) bond motifs is 1. The number of rotatable bonds is 3. The summed E-state index contributed by atoms with van der Waals surface area (Å²) in [6.45, 7) is 4.34. The Kier molecular flexibility index (Phi) is 3.26. The first-order valence-corrected chi connectivity index (χ1v) is 5.88. The van der Waals surface area contributed by atoms with Crippen molar-refractivity contribution in [3.05, 3.63) is 0 Å². The quantitative estimate of drug-likeness (QED) is 0.690. The van der Waals surface area contributed by atoms with Crippen molar-refractivity contribution < 1.29 is 9.90 Å². The molecule has 2 fully saturated rings. The molecule has 3 atom stereocenters. The summed E-state index contributed by atoms with van der Waals surface area (Å²) < 4.78 is 0. The SMILES string of the molecule is CC(O)CCN1CC2NCCCC2C1=O. The van der Waals surface area contributed by atoms with E-state index in [0.29, 0.717) is 19.0 Å². The lowest BCUT2D eigenvalue weighted by molar-refractivity contribution is -0.131. The van der Waals surface area contributed by atoms with Gasteiger partial charge < -0.3 is 15.3 Å². The van der Waals surface area contributed by atoms with E-state index in [-0.39, 0.29) is 17.9 Å². The predicted octanol–water partition coefficient (Wildman–Crippen LogP) is -0.0323. The molecule has 2 heterocycles. The molecule has 1 amide bonds. The highest BCUT2D eigenvalue weighted by atomic mass is 16.3. The molecular weight excluding hydrogens is 192 g/mol. The van der Waals surface area contributed by atoms with Crippen molar-refractivity contribution in [2.75, 3.05) is 19.6 Å². The van der Waals surface area contributed by atoms with Gasteiger partial charge in [0.15, 0.2) is 0 Å². The van der Waals surface area contributed by atoms with Crippen LogP contribution >= 0.6 is 0 Å². The number of amides is 1. The van der Waals surface area contributed by atoms with Crippen molar-refractivity contribution in [2.24, 2.45) is 5.92 Å². The van der Waals surface area contributed by atoms with Crippen molar-refractivity contribution in [1.82, 2.24) is 10.2 Å². The fourth-order valence-corrected chi connectivity index (χ4v) is 2.55. The minimum absolute atomic E-state index is 0.202. The average Bonchev–Trinajstić information content (AvgIpc) is 2.54. The van der Waals surface area contributed by atoms with Crippen molar-refractivity contribution in [3.8, 4) is 0 Å². The third-order valence-corrected chi connectivity index (χ3v) is 3.45. The number of nitrogens with zero attached hydrogens (tertiary/aromatic N) is 1. The van der Waals surface area contributed by atoms with Crippen molar-refractivity contribution in [1.29, 1.82) is 0 Å². The van der Waals surface area contributed by atoms with E-state index in [2.05, 4.69) is 5.32 Å². The Morgan fingerprint density at radius 2 is 2.47 bits per heavy atom. The van der Waals surface area contributed by atoms with Crippen LogP contribution in [0.5, 0.6) is 0 Å². The van der Waals surface area contributed by atoms with E-state index in [4.69, 9.17) is 0 Å². The van der Waals surface area contributed by atoms with Crippen molar-refractivity contribution >= 4 is 5.91 Å². The second-order valence-electron chi connectivity index (χ2n) is 4.73. The minimum atomic E-state index is -0.312. The Labute approximate surface area is 90.6 Å². The highest BCUT2D eigenvalue weighted by Crippen LogP contribution is 2.26. The summed E-state index contributed by atoms with van der Waals surface area (Å²) in [5.74, 6) is 0.487. The Morgan fingerprint density at radius 1 is 1.67 bits per heavy atom. The summed E-state index contributed by atoms with van der Waals surface area (Å²) >= 11 is 0. The molecule has 0 bridgehead atoms. The maximum Gasteiger partial charge on any atom is 0.227 e. The van der Waals surface area contributed by atoms with E-state index in [1.807, 2.05) is 4.90 Å². The molecule has 2 N–H and O–H groups in total. The largest absolute Gasteiger partial charge is 0.393 e. The van der Waals surface area contributed by atoms with Crippen molar-refractivity contribution in [3.63, 3.8) is 0 Å².